The molecule has 0 aromatic heterocycles. The molecule has 4 heteroatoms. The lowest BCUT2D eigenvalue weighted by Gasteiger charge is -2.22. The van der Waals surface area contributed by atoms with Crippen molar-refractivity contribution in [2.24, 2.45) is 0 Å². The number of benzene rings is 1. The van der Waals surface area contributed by atoms with Crippen molar-refractivity contribution in [2.75, 3.05) is 6.54 Å². The first-order valence-electron chi connectivity index (χ1n) is 7.40. The van der Waals surface area contributed by atoms with E-state index in [9.17, 15) is 9.59 Å². The van der Waals surface area contributed by atoms with E-state index in [0.29, 0.717) is 18.5 Å². The zero-order chi connectivity index (χ0) is 15.2. The zero-order valence-electron chi connectivity index (χ0n) is 12.3. The van der Waals surface area contributed by atoms with Crippen molar-refractivity contribution in [3.63, 3.8) is 0 Å². The maximum absolute atomic E-state index is 11.9. The third-order valence-corrected chi connectivity index (χ3v) is 3.81. The first-order chi connectivity index (χ1) is 10.1. The molecule has 0 saturated carbocycles. The van der Waals surface area contributed by atoms with Gasteiger partial charge in [-0.05, 0) is 37.0 Å². The molecule has 0 spiro atoms. The first kappa shape index (κ1) is 15.3. The van der Waals surface area contributed by atoms with Gasteiger partial charge in [0, 0.05) is 13.0 Å². The number of carboxylic acid groups (broad SMARTS) is 1. The van der Waals surface area contributed by atoms with Gasteiger partial charge in [0.25, 0.3) is 0 Å². The van der Waals surface area contributed by atoms with Crippen molar-refractivity contribution < 1.29 is 14.7 Å². The largest absolute Gasteiger partial charge is 0.478 e. The molecule has 112 valence electrons. The first-order valence-corrected chi connectivity index (χ1v) is 7.40. The van der Waals surface area contributed by atoms with Crippen molar-refractivity contribution in [3.8, 4) is 0 Å². The number of allylic oxidation sites excluding steroid dienone is 1. The van der Waals surface area contributed by atoms with Crippen LogP contribution in [0.2, 0.25) is 0 Å². The zero-order valence-corrected chi connectivity index (χ0v) is 12.3. The fourth-order valence-electron chi connectivity index (χ4n) is 2.60. The number of carboxylic acids is 1. The lowest BCUT2D eigenvalue weighted by Crippen LogP contribution is -2.33. The summed E-state index contributed by atoms with van der Waals surface area (Å²) in [5.74, 6) is -0.705. The van der Waals surface area contributed by atoms with Gasteiger partial charge in [-0.1, -0.05) is 31.2 Å². The van der Waals surface area contributed by atoms with Crippen LogP contribution in [0.15, 0.2) is 36.4 Å². The fraction of sp³-hybridized carbons (Fsp3) is 0.412. The van der Waals surface area contributed by atoms with Gasteiger partial charge in [0.2, 0.25) is 5.91 Å². The normalized spacial score (nSPS) is 18.6. The highest BCUT2D eigenvalue weighted by Crippen LogP contribution is 2.20. The lowest BCUT2D eigenvalue weighted by atomic mass is 10.1. The molecule has 1 heterocycles. The van der Waals surface area contributed by atoms with Gasteiger partial charge in [0.1, 0.15) is 0 Å². The van der Waals surface area contributed by atoms with Gasteiger partial charge < -0.3 is 10.0 Å². The second-order valence-corrected chi connectivity index (χ2v) is 5.28. The van der Waals surface area contributed by atoms with Gasteiger partial charge in [0.05, 0.1) is 11.6 Å². The van der Waals surface area contributed by atoms with E-state index in [1.165, 1.54) is 0 Å². The number of nitrogens with zero attached hydrogens (tertiary/aromatic N) is 1. The number of hydrogen-bond donors (Lipinski definition) is 1. The van der Waals surface area contributed by atoms with E-state index in [4.69, 9.17) is 5.11 Å². The highest BCUT2D eigenvalue weighted by Gasteiger charge is 2.28. The molecule has 1 aliphatic heterocycles. The van der Waals surface area contributed by atoms with Crippen LogP contribution in [0.3, 0.4) is 0 Å². The SMILES string of the molecule is CC/C=C/C1CCC(=O)N1CCc1ccc(C(=O)O)cc1. The summed E-state index contributed by atoms with van der Waals surface area (Å²) in [5.41, 5.74) is 1.35. The number of carbonyl (C=O) groups is 2. The molecule has 0 radical (unpaired) electrons. The summed E-state index contributed by atoms with van der Waals surface area (Å²) in [6.07, 6.45) is 7.48. The smallest absolute Gasteiger partial charge is 0.335 e. The maximum atomic E-state index is 11.9. The predicted molar refractivity (Wildman–Crippen MR) is 81.3 cm³/mol. The number of amides is 1. The summed E-state index contributed by atoms with van der Waals surface area (Å²) >= 11 is 0. The summed E-state index contributed by atoms with van der Waals surface area (Å²) in [6.45, 7) is 2.77. The molecule has 1 amide bonds. The molecule has 4 nitrogen and oxygen atoms in total. The maximum Gasteiger partial charge on any atom is 0.335 e. The number of aromatic carboxylic acids is 1. The van der Waals surface area contributed by atoms with Crippen LogP contribution in [-0.2, 0) is 11.2 Å². The summed E-state index contributed by atoms with van der Waals surface area (Å²) < 4.78 is 0. The standard InChI is InChI=1S/C17H21NO3/c1-2-3-4-15-9-10-16(19)18(15)12-11-13-5-7-14(8-6-13)17(20)21/h3-8,15H,2,9-12H2,1H3,(H,20,21)/b4-3+. The van der Waals surface area contributed by atoms with Gasteiger partial charge in [-0.3, -0.25) is 4.79 Å². The minimum absolute atomic E-state index is 0.211. The Labute approximate surface area is 125 Å². The molecular formula is C17H21NO3. The Bertz CT molecular complexity index is 533. The number of carbonyl (C=O) groups excluding carboxylic acids is 1. The van der Waals surface area contributed by atoms with Crippen molar-refractivity contribution >= 4 is 11.9 Å². The molecule has 1 atom stereocenters. The highest BCUT2D eigenvalue weighted by atomic mass is 16.4. The monoisotopic (exact) mass is 287 g/mol. The van der Waals surface area contributed by atoms with Gasteiger partial charge in [-0.2, -0.15) is 0 Å². The number of likely N-dealkylation sites (tertiary alicyclic amines) is 1. The second-order valence-electron chi connectivity index (χ2n) is 5.28. The highest BCUT2D eigenvalue weighted by molar-refractivity contribution is 5.87. The summed E-state index contributed by atoms with van der Waals surface area (Å²) in [4.78, 5) is 24.7. The molecule has 1 aromatic rings. The van der Waals surface area contributed by atoms with Crippen LogP contribution in [0.5, 0.6) is 0 Å². The number of rotatable bonds is 6. The van der Waals surface area contributed by atoms with Gasteiger partial charge in [0.15, 0.2) is 0 Å². The van der Waals surface area contributed by atoms with Gasteiger partial charge >= 0.3 is 5.97 Å². The van der Waals surface area contributed by atoms with Crippen LogP contribution in [0.25, 0.3) is 0 Å². The lowest BCUT2D eigenvalue weighted by molar-refractivity contribution is -0.128. The van der Waals surface area contributed by atoms with Crippen LogP contribution in [0.4, 0.5) is 0 Å². The van der Waals surface area contributed by atoms with Crippen LogP contribution in [0.1, 0.15) is 42.1 Å². The third-order valence-electron chi connectivity index (χ3n) is 3.81. The molecule has 2 rings (SSSR count). The van der Waals surface area contributed by atoms with Crippen LogP contribution in [0, 0.1) is 0 Å². The minimum atomic E-state index is -0.916. The third kappa shape index (κ3) is 3.94. The Hall–Kier alpha value is -2.10. The molecule has 1 fully saturated rings. The van der Waals surface area contributed by atoms with Crippen LogP contribution >= 0.6 is 0 Å². The van der Waals surface area contributed by atoms with E-state index < -0.39 is 5.97 Å². The van der Waals surface area contributed by atoms with Crippen molar-refractivity contribution in [2.45, 2.75) is 38.6 Å². The molecule has 0 aliphatic carbocycles. The summed E-state index contributed by atoms with van der Waals surface area (Å²) in [6, 6.07) is 7.08. The van der Waals surface area contributed by atoms with E-state index in [-0.39, 0.29) is 11.9 Å². The fourth-order valence-corrected chi connectivity index (χ4v) is 2.60. The molecule has 1 aromatic carbocycles. The van der Waals surface area contributed by atoms with Crippen molar-refractivity contribution in [1.82, 2.24) is 4.90 Å². The average Bonchev–Trinajstić information content (AvgIpc) is 2.83. The molecular weight excluding hydrogens is 266 g/mol. The number of hydrogen-bond acceptors (Lipinski definition) is 2. The van der Waals surface area contributed by atoms with Gasteiger partial charge in [-0.25, -0.2) is 4.79 Å². The Morgan fingerprint density at radius 1 is 1.38 bits per heavy atom. The van der Waals surface area contributed by atoms with Crippen LogP contribution < -0.4 is 0 Å². The average molecular weight is 287 g/mol. The predicted octanol–water partition coefficient (Wildman–Crippen LogP) is 2.88. The van der Waals surface area contributed by atoms with E-state index in [1.807, 2.05) is 17.0 Å². The van der Waals surface area contributed by atoms with E-state index in [1.54, 1.807) is 12.1 Å². The molecule has 1 N–H and O–H groups in total. The summed E-state index contributed by atoms with van der Waals surface area (Å²) in [7, 11) is 0. The Morgan fingerprint density at radius 3 is 2.71 bits per heavy atom. The minimum Gasteiger partial charge on any atom is -0.478 e. The van der Waals surface area contributed by atoms with Gasteiger partial charge in [-0.15, -0.1) is 0 Å². The molecule has 21 heavy (non-hydrogen) atoms. The Kier molecular flexibility index (Phi) is 5.14. The molecule has 1 unspecified atom stereocenters. The van der Waals surface area contributed by atoms with Crippen LogP contribution in [-0.4, -0.2) is 34.5 Å². The van der Waals surface area contributed by atoms with Crippen molar-refractivity contribution in [1.29, 1.82) is 0 Å². The van der Waals surface area contributed by atoms with E-state index in [2.05, 4.69) is 19.1 Å². The molecule has 0 bridgehead atoms. The molecule has 1 saturated heterocycles. The second kappa shape index (κ2) is 7.07. The topological polar surface area (TPSA) is 57.6 Å². The molecule has 1 aliphatic rings. The Morgan fingerprint density at radius 2 is 2.10 bits per heavy atom. The summed E-state index contributed by atoms with van der Waals surface area (Å²) in [5, 5.41) is 8.87. The van der Waals surface area contributed by atoms with E-state index in [0.717, 1.165) is 24.8 Å². The Balaban J connectivity index is 1.95. The van der Waals surface area contributed by atoms with Crippen molar-refractivity contribution in [3.05, 3.63) is 47.5 Å². The van der Waals surface area contributed by atoms with E-state index >= 15 is 0 Å². The quantitative estimate of drug-likeness (QED) is 0.818.